The summed E-state index contributed by atoms with van der Waals surface area (Å²) in [5, 5.41) is 13.8. The van der Waals surface area contributed by atoms with E-state index in [1.54, 1.807) is 24.3 Å². The Hall–Kier alpha value is -2.88. The van der Waals surface area contributed by atoms with Crippen LogP contribution in [0.1, 0.15) is 22.5 Å². The molecular formula is C18H16ClN5O3S. The highest BCUT2D eigenvalue weighted by atomic mass is 35.5. The average Bonchev–Trinajstić information content (AvgIpc) is 2.95. The number of anilines is 1. The molecule has 8 nitrogen and oxygen atoms in total. The van der Waals surface area contributed by atoms with E-state index in [2.05, 4.69) is 20.8 Å². The summed E-state index contributed by atoms with van der Waals surface area (Å²) in [5.74, 6) is -0.204. The van der Waals surface area contributed by atoms with Gasteiger partial charge in [-0.1, -0.05) is 11.6 Å². The van der Waals surface area contributed by atoms with Crippen molar-refractivity contribution in [2.45, 2.75) is 11.3 Å². The maximum atomic E-state index is 12.4. The number of carbonyl (C=O) groups is 1. The molecule has 0 bridgehead atoms. The fourth-order valence-electron chi connectivity index (χ4n) is 3.10. The van der Waals surface area contributed by atoms with Gasteiger partial charge in [-0.15, -0.1) is 0 Å². The largest absolute Gasteiger partial charge is 0.350 e. The number of hydrogen-bond acceptors (Lipinski definition) is 5. The van der Waals surface area contributed by atoms with Gasteiger partial charge in [0.25, 0.3) is 5.91 Å². The lowest BCUT2D eigenvalue weighted by Crippen LogP contribution is -2.23. The molecule has 1 aromatic heterocycles. The van der Waals surface area contributed by atoms with Crippen molar-refractivity contribution in [3.63, 3.8) is 0 Å². The van der Waals surface area contributed by atoms with Crippen molar-refractivity contribution in [3.05, 3.63) is 58.7 Å². The van der Waals surface area contributed by atoms with Crippen LogP contribution >= 0.6 is 11.6 Å². The topological polar surface area (TPSA) is 129 Å². The number of H-pyrrole nitrogens is 1. The molecule has 3 aromatic rings. The van der Waals surface area contributed by atoms with Crippen LogP contribution in [0.15, 0.2) is 52.5 Å². The summed E-state index contributed by atoms with van der Waals surface area (Å²) in [4.78, 5) is 15.5. The van der Waals surface area contributed by atoms with Gasteiger partial charge in [0.1, 0.15) is 5.69 Å². The molecule has 28 heavy (non-hydrogen) atoms. The number of hydrogen-bond donors (Lipinski definition) is 4. The monoisotopic (exact) mass is 417 g/mol. The van der Waals surface area contributed by atoms with E-state index in [0.717, 1.165) is 10.9 Å². The number of fused-ring (bicyclic) bond motifs is 3. The molecule has 5 N–H and O–H groups in total. The van der Waals surface area contributed by atoms with Crippen LogP contribution in [-0.4, -0.2) is 31.6 Å². The third kappa shape index (κ3) is 3.47. The second-order valence-electron chi connectivity index (χ2n) is 6.31. The van der Waals surface area contributed by atoms with Gasteiger partial charge in [-0.05, 0) is 42.5 Å². The van der Waals surface area contributed by atoms with Gasteiger partial charge in [0.05, 0.1) is 16.3 Å². The van der Waals surface area contributed by atoms with Gasteiger partial charge >= 0.3 is 0 Å². The number of primary sulfonamides is 1. The van der Waals surface area contributed by atoms with Crippen molar-refractivity contribution in [2.24, 2.45) is 10.2 Å². The number of amides is 1. The van der Waals surface area contributed by atoms with Crippen molar-refractivity contribution in [2.75, 3.05) is 12.0 Å². The minimum Gasteiger partial charge on any atom is -0.350 e. The number of carbonyl (C=O) groups excluding carboxylic acids is 1. The van der Waals surface area contributed by atoms with E-state index in [4.69, 9.17) is 16.7 Å². The van der Waals surface area contributed by atoms with E-state index in [-0.39, 0.29) is 10.8 Å². The molecule has 0 aliphatic carbocycles. The second kappa shape index (κ2) is 6.93. The quantitative estimate of drug-likeness (QED) is 0.487. The lowest BCUT2D eigenvalue weighted by atomic mass is 10.0. The molecule has 10 heteroatoms. The van der Waals surface area contributed by atoms with Crippen molar-refractivity contribution in [1.29, 1.82) is 0 Å². The maximum absolute atomic E-state index is 12.4. The van der Waals surface area contributed by atoms with Gasteiger partial charge in [0.2, 0.25) is 10.0 Å². The van der Waals surface area contributed by atoms with Gasteiger partial charge in [0.15, 0.2) is 0 Å². The highest BCUT2D eigenvalue weighted by molar-refractivity contribution is 7.89. The van der Waals surface area contributed by atoms with Crippen molar-refractivity contribution < 1.29 is 13.2 Å². The lowest BCUT2D eigenvalue weighted by Gasteiger charge is -2.07. The molecule has 2 aromatic carbocycles. The number of sulfonamides is 1. The summed E-state index contributed by atoms with van der Waals surface area (Å²) in [6.07, 6.45) is 0.514. The zero-order valence-corrected chi connectivity index (χ0v) is 16.1. The first-order chi connectivity index (χ1) is 13.3. The Kier molecular flexibility index (Phi) is 4.58. The van der Waals surface area contributed by atoms with Gasteiger partial charge in [-0.3, -0.25) is 10.2 Å². The Morgan fingerprint density at radius 2 is 1.89 bits per heavy atom. The van der Waals surface area contributed by atoms with E-state index < -0.39 is 10.0 Å². The summed E-state index contributed by atoms with van der Waals surface area (Å²) in [7, 11) is -3.75. The predicted molar refractivity (Wildman–Crippen MR) is 108 cm³/mol. The van der Waals surface area contributed by atoms with E-state index in [0.29, 0.717) is 40.6 Å². The van der Waals surface area contributed by atoms with Crippen LogP contribution in [0.5, 0.6) is 0 Å². The first kappa shape index (κ1) is 18.5. The van der Waals surface area contributed by atoms with Gasteiger partial charge in [0, 0.05) is 34.5 Å². The minimum atomic E-state index is -3.75. The van der Waals surface area contributed by atoms with E-state index in [1.807, 2.05) is 6.07 Å². The minimum absolute atomic E-state index is 0.0172. The maximum Gasteiger partial charge on any atom is 0.268 e. The number of aromatic nitrogens is 1. The Morgan fingerprint density at radius 1 is 1.14 bits per heavy atom. The molecule has 1 aliphatic heterocycles. The summed E-state index contributed by atoms with van der Waals surface area (Å²) < 4.78 is 22.7. The van der Waals surface area contributed by atoms with Gasteiger partial charge in [-0.2, -0.15) is 5.10 Å². The third-order valence-corrected chi connectivity index (χ3v) is 5.59. The Labute approximate surface area is 165 Å². The summed E-state index contributed by atoms with van der Waals surface area (Å²) in [5.41, 5.74) is 6.09. The van der Waals surface area contributed by atoms with E-state index in [9.17, 15) is 13.2 Å². The summed E-state index contributed by atoms with van der Waals surface area (Å²) in [6, 6.07) is 11.3. The Bertz CT molecular complexity index is 1220. The molecule has 0 radical (unpaired) electrons. The number of nitrogens with one attached hydrogen (secondary N) is 3. The smallest absolute Gasteiger partial charge is 0.268 e. The zero-order valence-electron chi connectivity index (χ0n) is 14.5. The number of rotatable bonds is 3. The number of hydrazone groups is 1. The standard InChI is InChI=1S/C18H16ClN5O3S/c19-10-1-6-14-13(9-10)16-15(7-8-21-18(25)17(16)22-14)24-23-11-2-4-12(5-3-11)28(20,26)27/h1-6,9,22-23H,7-8H2,(H,21,25)(H2,20,26,27). The molecule has 4 rings (SSSR count). The van der Waals surface area contributed by atoms with Crippen LogP contribution in [0.3, 0.4) is 0 Å². The third-order valence-electron chi connectivity index (χ3n) is 4.43. The highest BCUT2D eigenvalue weighted by Crippen LogP contribution is 2.28. The first-order valence-corrected chi connectivity index (χ1v) is 10.3. The van der Waals surface area contributed by atoms with E-state index >= 15 is 0 Å². The van der Waals surface area contributed by atoms with Gasteiger partial charge < -0.3 is 10.3 Å². The fraction of sp³-hybridized carbons (Fsp3) is 0.111. The van der Waals surface area contributed by atoms with Crippen LogP contribution in [-0.2, 0) is 10.0 Å². The summed E-state index contributed by atoms with van der Waals surface area (Å²) in [6.45, 7) is 0.439. The molecule has 2 heterocycles. The number of nitrogens with zero attached hydrogens (tertiary/aromatic N) is 1. The van der Waals surface area contributed by atoms with Crippen LogP contribution in [0, 0.1) is 0 Å². The lowest BCUT2D eigenvalue weighted by molar-refractivity contribution is 0.0952. The van der Waals surface area contributed by atoms with Crippen molar-refractivity contribution in [1.82, 2.24) is 10.3 Å². The van der Waals surface area contributed by atoms with Crippen molar-refractivity contribution in [3.8, 4) is 0 Å². The number of nitrogens with two attached hydrogens (primary N) is 1. The summed E-state index contributed by atoms with van der Waals surface area (Å²) >= 11 is 6.14. The van der Waals surface area contributed by atoms with Crippen LogP contribution in [0.2, 0.25) is 5.02 Å². The molecule has 0 spiro atoms. The SMILES string of the molecule is NS(=O)(=O)c1ccc(NN=C2CCNC(=O)c3[nH]c4ccc(Cl)cc4c32)cc1. The van der Waals surface area contributed by atoms with Gasteiger partial charge in [-0.25, -0.2) is 13.6 Å². The molecule has 1 amide bonds. The fourth-order valence-corrected chi connectivity index (χ4v) is 3.79. The molecule has 0 fully saturated rings. The molecule has 0 unspecified atom stereocenters. The molecule has 0 atom stereocenters. The molecule has 0 saturated heterocycles. The average molecular weight is 418 g/mol. The normalized spacial score (nSPS) is 15.9. The predicted octanol–water partition coefficient (Wildman–Crippen LogP) is 2.42. The number of halogens is 1. The number of benzene rings is 2. The Morgan fingerprint density at radius 3 is 2.61 bits per heavy atom. The first-order valence-electron chi connectivity index (χ1n) is 8.38. The zero-order chi connectivity index (χ0) is 19.9. The molecule has 0 saturated carbocycles. The molecule has 144 valence electrons. The van der Waals surface area contributed by atoms with Crippen LogP contribution in [0.4, 0.5) is 5.69 Å². The Balaban J connectivity index is 1.74. The number of aromatic amines is 1. The van der Waals surface area contributed by atoms with Crippen LogP contribution < -0.4 is 15.9 Å². The molecular weight excluding hydrogens is 402 g/mol. The molecule has 1 aliphatic rings. The van der Waals surface area contributed by atoms with E-state index in [1.165, 1.54) is 12.1 Å². The van der Waals surface area contributed by atoms with Crippen LogP contribution in [0.25, 0.3) is 10.9 Å². The van der Waals surface area contributed by atoms with Crippen molar-refractivity contribution >= 4 is 49.8 Å². The highest BCUT2D eigenvalue weighted by Gasteiger charge is 2.25. The second-order valence-corrected chi connectivity index (χ2v) is 8.31.